The molecule has 0 saturated heterocycles. The Hall–Kier alpha value is -1.57. The molecule has 1 saturated carbocycles. The zero-order chi connectivity index (χ0) is 11.4. The third-order valence-electron chi connectivity index (χ3n) is 2.88. The van der Waals surface area contributed by atoms with Gasteiger partial charge >= 0.3 is 5.97 Å². The average Bonchev–Trinajstić information content (AvgIpc) is 3.01. The number of carbonyl (C=O) groups is 1. The average molecular weight is 216 g/mol. The van der Waals surface area contributed by atoms with Crippen LogP contribution in [0.3, 0.4) is 0 Å². The predicted molar refractivity (Wildman–Crippen MR) is 62.6 cm³/mol. The van der Waals surface area contributed by atoms with Gasteiger partial charge in [-0.3, -0.25) is 0 Å². The Morgan fingerprint density at radius 2 is 2.12 bits per heavy atom. The Kier molecular flexibility index (Phi) is 3.40. The van der Waals surface area contributed by atoms with Crippen LogP contribution < -0.4 is 0 Å². The number of hydrogen-bond donors (Lipinski definition) is 0. The molecule has 0 aliphatic heterocycles. The third kappa shape index (κ3) is 3.23. The van der Waals surface area contributed by atoms with Crippen LogP contribution in [-0.2, 0) is 16.1 Å². The first-order valence-electron chi connectivity index (χ1n) is 5.64. The lowest BCUT2D eigenvalue weighted by atomic mass is 10.2. The minimum absolute atomic E-state index is 0.247. The molecule has 2 heteroatoms. The smallest absolute Gasteiger partial charge is 0.330 e. The standard InChI is InChI=1S/C14H16O2/c1-11-9-13(11)7-8-14(15)16-10-12-5-3-2-4-6-12/h2-8,11,13H,9-10H2,1H3/t11-,13-/m1/s1. The lowest BCUT2D eigenvalue weighted by Crippen LogP contribution is -2.00. The highest BCUT2D eigenvalue weighted by molar-refractivity contribution is 5.82. The van der Waals surface area contributed by atoms with Gasteiger partial charge in [-0.15, -0.1) is 0 Å². The summed E-state index contributed by atoms with van der Waals surface area (Å²) in [5.41, 5.74) is 1.02. The van der Waals surface area contributed by atoms with Crippen LogP contribution in [0.5, 0.6) is 0 Å². The van der Waals surface area contributed by atoms with Crippen molar-refractivity contribution in [3.05, 3.63) is 48.0 Å². The molecule has 1 aliphatic carbocycles. The largest absolute Gasteiger partial charge is 0.458 e. The van der Waals surface area contributed by atoms with Gasteiger partial charge in [0.2, 0.25) is 0 Å². The van der Waals surface area contributed by atoms with E-state index in [1.54, 1.807) is 6.08 Å². The quantitative estimate of drug-likeness (QED) is 0.571. The van der Waals surface area contributed by atoms with Crippen molar-refractivity contribution in [3.8, 4) is 0 Å². The second-order valence-corrected chi connectivity index (χ2v) is 4.33. The first-order valence-corrected chi connectivity index (χ1v) is 5.64. The molecule has 1 aromatic rings. The zero-order valence-corrected chi connectivity index (χ0v) is 9.43. The van der Waals surface area contributed by atoms with E-state index in [0.717, 1.165) is 11.5 Å². The Balaban J connectivity index is 1.74. The van der Waals surface area contributed by atoms with Gasteiger partial charge in [0.15, 0.2) is 0 Å². The fourth-order valence-electron chi connectivity index (χ4n) is 1.60. The lowest BCUT2D eigenvalue weighted by molar-refractivity contribution is -0.139. The minimum atomic E-state index is -0.247. The summed E-state index contributed by atoms with van der Waals surface area (Å²) in [6.07, 6.45) is 4.71. The van der Waals surface area contributed by atoms with Crippen molar-refractivity contribution < 1.29 is 9.53 Å². The molecule has 16 heavy (non-hydrogen) atoms. The molecule has 0 N–H and O–H groups in total. The van der Waals surface area contributed by atoms with Crippen LogP contribution >= 0.6 is 0 Å². The zero-order valence-electron chi connectivity index (χ0n) is 9.43. The Labute approximate surface area is 95.9 Å². The van der Waals surface area contributed by atoms with E-state index >= 15 is 0 Å². The molecule has 0 aromatic heterocycles. The molecule has 1 aromatic carbocycles. The van der Waals surface area contributed by atoms with Crippen LogP contribution in [-0.4, -0.2) is 5.97 Å². The van der Waals surface area contributed by atoms with Gasteiger partial charge in [0.1, 0.15) is 6.61 Å². The topological polar surface area (TPSA) is 26.3 Å². The Bertz CT molecular complexity index is 381. The molecule has 0 heterocycles. The highest BCUT2D eigenvalue weighted by Crippen LogP contribution is 2.38. The SMILES string of the molecule is C[C@@H]1C[C@H]1C=CC(=O)OCc1ccccc1. The maximum absolute atomic E-state index is 11.3. The minimum Gasteiger partial charge on any atom is -0.458 e. The number of ether oxygens (including phenoxy) is 1. The third-order valence-corrected chi connectivity index (χ3v) is 2.88. The van der Waals surface area contributed by atoms with E-state index in [1.165, 1.54) is 6.42 Å². The first kappa shape index (κ1) is 10.9. The Morgan fingerprint density at radius 1 is 1.44 bits per heavy atom. The first-order chi connectivity index (χ1) is 7.75. The maximum atomic E-state index is 11.3. The number of carbonyl (C=O) groups excluding carboxylic acids is 1. The van der Waals surface area contributed by atoms with Gasteiger partial charge in [0.05, 0.1) is 0 Å². The van der Waals surface area contributed by atoms with Crippen molar-refractivity contribution >= 4 is 5.97 Å². The summed E-state index contributed by atoms with van der Waals surface area (Å²) >= 11 is 0. The molecule has 0 spiro atoms. The van der Waals surface area contributed by atoms with E-state index in [2.05, 4.69) is 6.92 Å². The predicted octanol–water partition coefficient (Wildman–Crippen LogP) is 2.94. The lowest BCUT2D eigenvalue weighted by Gasteiger charge is -2.01. The molecule has 2 rings (SSSR count). The van der Waals surface area contributed by atoms with Crippen LogP contribution in [0.15, 0.2) is 42.5 Å². The maximum Gasteiger partial charge on any atom is 0.330 e. The molecule has 0 radical (unpaired) electrons. The molecule has 84 valence electrons. The van der Waals surface area contributed by atoms with Crippen molar-refractivity contribution in [1.82, 2.24) is 0 Å². The second kappa shape index (κ2) is 4.97. The fourth-order valence-corrected chi connectivity index (χ4v) is 1.60. The highest BCUT2D eigenvalue weighted by Gasteiger charge is 2.29. The summed E-state index contributed by atoms with van der Waals surface area (Å²) in [4.78, 5) is 11.3. The van der Waals surface area contributed by atoms with Crippen LogP contribution in [0.2, 0.25) is 0 Å². The summed E-state index contributed by atoms with van der Waals surface area (Å²) in [6.45, 7) is 2.54. The van der Waals surface area contributed by atoms with Crippen molar-refractivity contribution in [3.63, 3.8) is 0 Å². The van der Waals surface area contributed by atoms with Crippen molar-refractivity contribution in [2.45, 2.75) is 20.0 Å². The molecular formula is C14H16O2. The van der Waals surface area contributed by atoms with Crippen LogP contribution in [0, 0.1) is 11.8 Å². The van der Waals surface area contributed by atoms with Crippen molar-refractivity contribution in [2.75, 3.05) is 0 Å². The van der Waals surface area contributed by atoms with Gasteiger partial charge < -0.3 is 4.74 Å². The molecule has 0 amide bonds. The molecule has 2 atom stereocenters. The number of esters is 1. The van der Waals surface area contributed by atoms with Crippen LogP contribution in [0.1, 0.15) is 18.9 Å². The van der Waals surface area contributed by atoms with E-state index in [1.807, 2.05) is 36.4 Å². The molecule has 1 aliphatic rings. The summed E-state index contributed by atoms with van der Waals surface area (Å²) in [6, 6.07) is 9.70. The van der Waals surface area contributed by atoms with E-state index in [0.29, 0.717) is 12.5 Å². The number of rotatable bonds is 4. The van der Waals surface area contributed by atoms with E-state index in [9.17, 15) is 4.79 Å². The second-order valence-electron chi connectivity index (χ2n) is 4.33. The van der Waals surface area contributed by atoms with Gasteiger partial charge in [-0.1, -0.05) is 43.3 Å². The van der Waals surface area contributed by atoms with Gasteiger partial charge in [0.25, 0.3) is 0 Å². The molecule has 2 nitrogen and oxygen atoms in total. The number of hydrogen-bond acceptors (Lipinski definition) is 2. The van der Waals surface area contributed by atoms with Gasteiger partial charge in [-0.05, 0) is 23.8 Å². The summed E-state index contributed by atoms with van der Waals surface area (Å²) in [7, 11) is 0. The monoisotopic (exact) mass is 216 g/mol. The number of allylic oxidation sites excluding steroid dienone is 1. The van der Waals surface area contributed by atoms with E-state index in [4.69, 9.17) is 4.74 Å². The van der Waals surface area contributed by atoms with Gasteiger partial charge in [0, 0.05) is 6.08 Å². The normalized spacial score (nSPS) is 23.3. The van der Waals surface area contributed by atoms with Crippen LogP contribution in [0.4, 0.5) is 0 Å². The summed E-state index contributed by atoms with van der Waals surface area (Å²) < 4.78 is 5.12. The van der Waals surface area contributed by atoms with Crippen LogP contribution in [0.25, 0.3) is 0 Å². The summed E-state index contributed by atoms with van der Waals surface area (Å²) in [5, 5.41) is 0. The fraction of sp³-hybridized carbons (Fsp3) is 0.357. The molecule has 1 fully saturated rings. The van der Waals surface area contributed by atoms with Crippen molar-refractivity contribution in [2.24, 2.45) is 11.8 Å². The summed E-state index contributed by atoms with van der Waals surface area (Å²) in [5.74, 6) is 1.07. The van der Waals surface area contributed by atoms with Gasteiger partial charge in [-0.2, -0.15) is 0 Å². The van der Waals surface area contributed by atoms with Gasteiger partial charge in [-0.25, -0.2) is 4.79 Å². The molecule has 0 unspecified atom stereocenters. The Morgan fingerprint density at radius 3 is 2.75 bits per heavy atom. The van der Waals surface area contributed by atoms with E-state index < -0.39 is 0 Å². The highest BCUT2D eigenvalue weighted by atomic mass is 16.5. The van der Waals surface area contributed by atoms with E-state index in [-0.39, 0.29) is 5.97 Å². The number of benzene rings is 1. The molecular weight excluding hydrogens is 200 g/mol. The van der Waals surface area contributed by atoms with Crippen molar-refractivity contribution in [1.29, 1.82) is 0 Å². The molecule has 0 bridgehead atoms.